The third-order valence-electron chi connectivity index (χ3n) is 2.66. The van der Waals surface area contributed by atoms with Crippen molar-refractivity contribution in [2.24, 2.45) is 0 Å². The van der Waals surface area contributed by atoms with Gasteiger partial charge in [-0.2, -0.15) is 0 Å². The van der Waals surface area contributed by atoms with Crippen molar-refractivity contribution in [2.75, 3.05) is 0 Å². The maximum Gasteiger partial charge on any atom is 0.148 e. The van der Waals surface area contributed by atoms with E-state index in [2.05, 4.69) is 0 Å². The molecule has 0 aliphatic carbocycles. The normalized spacial score (nSPS) is 13.7. The van der Waals surface area contributed by atoms with Crippen LogP contribution in [0.5, 0.6) is 0 Å². The Labute approximate surface area is 119 Å². The predicted molar refractivity (Wildman–Crippen MR) is 62.6 cm³/mol. The van der Waals surface area contributed by atoms with Crippen molar-refractivity contribution < 1.29 is 39.7 Å². The summed E-state index contributed by atoms with van der Waals surface area (Å²) in [5.74, 6) is -11.2. The molecule has 120 valence electrons. The van der Waals surface area contributed by atoms with Crippen LogP contribution >= 0.6 is 0 Å². The van der Waals surface area contributed by atoms with Gasteiger partial charge in [-0.15, -0.1) is 0 Å². The van der Waals surface area contributed by atoms with Gasteiger partial charge < -0.3 is 9.11 Å². The molecule has 0 aliphatic rings. The Balaban J connectivity index is 2.92. The Hall–Kier alpha value is -1.91. The lowest BCUT2D eigenvalue weighted by atomic mass is 10.3. The maximum absolute atomic E-state index is 13.6. The highest BCUT2D eigenvalue weighted by atomic mass is 32.3. The summed E-state index contributed by atoms with van der Waals surface area (Å²) in [6.07, 6.45) is 0. The maximum atomic E-state index is 13.6. The van der Waals surface area contributed by atoms with Crippen LogP contribution in [-0.2, 0) is 9.63 Å². The minimum Gasteiger partial charge on any atom is -0.300 e. The fourth-order valence-electron chi connectivity index (χ4n) is 1.86. The van der Waals surface area contributed by atoms with E-state index in [1.165, 1.54) is 0 Å². The molecule has 0 atom stereocenters. The fraction of sp³-hybridized carbons (Fsp3) is 0. The highest BCUT2D eigenvalue weighted by molar-refractivity contribution is 8.10. The zero-order valence-corrected chi connectivity index (χ0v) is 11.1. The number of rotatable bonds is 2. The summed E-state index contributed by atoms with van der Waals surface area (Å²) in [4.78, 5) is -4.11. The summed E-state index contributed by atoms with van der Waals surface area (Å²) >= 11 is 0. The first-order chi connectivity index (χ1) is 9.92. The second-order valence-electron chi connectivity index (χ2n) is 4.26. The van der Waals surface area contributed by atoms with Crippen molar-refractivity contribution in [3.63, 3.8) is 0 Å². The Morgan fingerprint density at radius 1 is 0.636 bits per heavy atom. The Bertz CT molecular complexity index is 735. The highest BCUT2D eigenvalue weighted by Crippen LogP contribution is 2.43. The Morgan fingerprint density at radius 2 is 0.864 bits per heavy atom. The first kappa shape index (κ1) is 16.5. The van der Waals surface area contributed by atoms with Crippen LogP contribution in [0.4, 0.5) is 26.3 Å². The largest absolute Gasteiger partial charge is 0.300 e. The predicted octanol–water partition coefficient (Wildman–Crippen LogP) is 3.71. The summed E-state index contributed by atoms with van der Waals surface area (Å²) in [5.41, 5.74) is 0. The van der Waals surface area contributed by atoms with Crippen molar-refractivity contribution in [1.29, 1.82) is 0 Å². The molecule has 2 rings (SSSR count). The van der Waals surface area contributed by atoms with Gasteiger partial charge in [-0.1, -0.05) is 0 Å². The Kier molecular flexibility index (Phi) is 3.59. The molecule has 2 aromatic rings. The first-order valence-electron chi connectivity index (χ1n) is 5.38. The quantitative estimate of drug-likeness (QED) is 0.817. The van der Waals surface area contributed by atoms with E-state index in [0.717, 1.165) is 0 Å². The smallest absolute Gasteiger partial charge is 0.148 e. The molecular formula is C12H6F6O3S. The molecule has 0 saturated carbocycles. The average molecular weight is 344 g/mol. The van der Waals surface area contributed by atoms with E-state index >= 15 is 0 Å². The fourth-order valence-corrected chi connectivity index (χ4v) is 3.71. The second-order valence-corrected chi connectivity index (χ2v) is 6.81. The van der Waals surface area contributed by atoms with E-state index in [1.807, 2.05) is 0 Å². The minimum atomic E-state index is -6.96. The van der Waals surface area contributed by atoms with Crippen molar-refractivity contribution in [1.82, 2.24) is 0 Å². The molecule has 10 heteroatoms. The van der Waals surface area contributed by atoms with Gasteiger partial charge in [0.15, 0.2) is 0 Å². The molecule has 0 aliphatic heterocycles. The molecule has 0 spiro atoms. The lowest BCUT2D eigenvalue weighted by Gasteiger charge is -2.32. The zero-order chi connectivity index (χ0) is 16.9. The zero-order valence-electron chi connectivity index (χ0n) is 10.3. The molecule has 2 N–H and O–H groups in total. The number of hydrogen-bond acceptors (Lipinski definition) is 1. The van der Waals surface area contributed by atoms with Crippen molar-refractivity contribution in [3.05, 3.63) is 59.2 Å². The lowest BCUT2D eigenvalue weighted by molar-refractivity contribution is 0.358. The summed E-state index contributed by atoms with van der Waals surface area (Å²) in [6.45, 7) is 0. The molecule has 2 aromatic carbocycles. The minimum absolute atomic E-state index is 0.0715. The van der Waals surface area contributed by atoms with Crippen LogP contribution in [-0.4, -0.2) is 13.3 Å². The van der Waals surface area contributed by atoms with Crippen LogP contribution in [0, 0.1) is 34.9 Å². The number of halogens is 6. The van der Waals surface area contributed by atoms with E-state index < -0.39 is 54.3 Å². The molecule has 0 unspecified atom stereocenters. The molecule has 0 saturated heterocycles. The first-order valence-corrected chi connectivity index (χ1v) is 7.26. The van der Waals surface area contributed by atoms with E-state index in [0.29, 0.717) is 0 Å². The van der Waals surface area contributed by atoms with Crippen LogP contribution in [0.2, 0.25) is 0 Å². The molecule has 0 fully saturated rings. The number of benzene rings is 2. The molecule has 0 amide bonds. The van der Waals surface area contributed by atoms with E-state index in [-0.39, 0.29) is 24.3 Å². The third-order valence-corrected chi connectivity index (χ3v) is 4.91. The summed E-state index contributed by atoms with van der Waals surface area (Å²) in [7, 11) is -6.96. The summed E-state index contributed by atoms with van der Waals surface area (Å²) in [5, 5.41) is 0. The van der Waals surface area contributed by atoms with Gasteiger partial charge in [-0.25, -0.2) is 30.6 Å². The standard InChI is InChI=1S/C12H6F6O3S/c13-5-1-7(15)11(8(16)2-5)22(19,20,21)12-9(17)3-6(14)4-10(12)18/h1-4H,(H2,19,20,21). The van der Waals surface area contributed by atoms with Crippen LogP contribution in [0.3, 0.4) is 0 Å². The average Bonchev–Trinajstić information content (AvgIpc) is 2.22. The van der Waals surface area contributed by atoms with Crippen LogP contribution in [0.15, 0.2) is 34.1 Å². The highest BCUT2D eigenvalue weighted by Gasteiger charge is 2.46. The van der Waals surface area contributed by atoms with Crippen LogP contribution in [0.1, 0.15) is 0 Å². The molecule has 3 nitrogen and oxygen atoms in total. The monoisotopic (exact) mass is 344 g/mol. The molecule has 22 heavy (non-hydrogen) atoms. The molecule has 0 bridgehead atoms. The van der Waals surface area contributed by atoms with Gasteiger partial charge in [-0.05, 0) is 0 Å². The molecule has 0 aromatic heterocycles. The van der Waals surface area contributed by atoms with Gasteiger partial charge in [-0.3, -0.25) is 0 Å². The molecule has 0 heterocycles. The lowest BCUT2D eigenvalue weighted by Crippen LogP contribution is -2.36. The summed E-state index contributed by atoms with van der Waals surface area (Å²) < 4.78 is 112. The van der Waals surface area contributed by atoms with Crippen LogP contribution in [0.25, 0.3) is 0 Å². The topological polar surface area (TPSA) is 57.5 Å². The van der Waals surface area contributed by atoms with Gasteiger partial charge in [0.05, 0.1) is 0 Å². The van der Waals surface area contributed by atoms with Gasteiger partial charge in [0, 0.05) is 24.3 Å². The van der Waals surface area contributed by atoms with Crippen molar-refractivity contribution >= 4 is 9.63 Å². The Morgan fingerprint density at radius 3 is 1.09 bits per heavy atom. The third kappa shape index (κ3) is 2.49. The van der Waals surface area contributed by atoms with Crippen molar-refractivity contribution in [3.8, 4) is 0 Å². The number of hydrogen-bond donors (Lipinski definition) is 2. The van der Waals surface area contributed by atoms with Gasteiger partial charge in [0.2, 0.25) is 0 Å². The van der Waals surface area contributed by atoms with Gasteiger partial charge >= 0.3 is 0 Å². The van der Waals surface area contributed by atoms with E-state index in [4.69, 9.17) is 0 Å². The van der Waals surface area contributed by atoms with Crippen LogP contribution < -0.4 is 0 Å². The second kappa shape index (κ2) is 4.80. The summed E-state index contributed by atoms with van der Waals surface area (Å²) in [6, 6.07) is -0.286. The van der Waals surface area contributed by atoms with Gasteiger partial charge in [0.25, 0.3) is 0 Å². The van der Waals surface area contributed by atoms with E-state index in [1.54, 1.807) is 0 Å². The molecule has 0 radical (unpaired) electrons. The van der Waals surface area contributed by atoms with Gasteiger partial charge in [0.1, 0.15) is 54.3 Å². The van der Waals surface area contributed by atoms with Crippen molar-refractivity contribution in [2.45, 2.75) is 9.79 Å². The van der Waals surface area contributed by atoms with E-state index in [9.17, 15) is 39.7 Å². The molecular weight excluding hydrogens is 338 g/mol. The SMILES string of the molecule is O=S(O)(O)(c1c(F)cc(F)cc1F)c1c(F)cc(F)cc1F.